The summed E-state index contributed by atoms with van der Waals surface area (Å²) in [5, 5.41) is 13.8. The number of piperidine rings is 1. The number of H-pyrrole nitrogens is 1. The smallest absolute Gasteiger partial charge is 0.407 e. The van der Waals surface area contributed by atoms with Crippen molar-refractivity contribution in [3.05, 3.63) is 66.3 Å². The van der Waals surface area contributed by atoms with Crippen LogP contribution in [-0.2, 0) is 13.0 Å². The molecular weight excluding hydrogens is 414 g/mol. The topological polar surface area (TPSA) is 102 Å². The number of carboxylic acid groups (broad SMARTS) is 1. The van der Waals surface area contributed by atoms with Gasteiger partial charge in [-0.2, -0.15) is 0 Å². The lowest BCUT2D eigenvalue weighted by molar-refractivity contribution is 0.0950. The first-order valence-corrected chi connectivity index (χ1v) is 11.3. The van der Waals surface area contributed by atoms with Crippen LogP contribution in [0.5, 0.6) is 0 Å². The van der Waals surface area contributed by atoms with Crippen LogP contribution < -0.4 is 10.9 Å². The van der Waals surface area contributed by atoms with E-state index in [0.29, 0.717) is 24.2 Å². The maximum absolute atomic E-state index is 12.7. The molecule has 0 spiro atoms. The fourth-order valence-electron chi connectivity index (χ4n) is 3.89. The number of nitrogens with one attached hydrogen (secondary N) is 2. The predicted octanol–water partition coefficient (Wildman–Crippen LogP) is 3.92. The zero-order valence-electron chi connectivity index (χ0n) is 18.2. The summed E-state index contributed by atoms with van der Waals surface area (Å²) in [6.07, 6.45) is 4.68. The van der Waals surface area contributed by atoms with Gasteiger partial charge in [0.25, 0.3) is 11.5 Å². The molecule has 2 aromatic rings. The Morgan fingerprint density at radius 3 is 2.61 bits per heavy atom. The van der Waals surface area contributed by atoms with E-state index >= 15 is 0 Å². The van der Waals surface area contributed by atoms with Gasteiger partial charge < -0.3 is 20.3 Å². The molecule has 1 fully saturated rings. The molecular formula is C23H29N3O4S. The molecule has 8 heteroatoms. The first-order chi connectivity index (χ1) is 14.8. The van der Waals surface area contributed by atoms with Crippen molar-refractivity contribution in [2.45, 2.75) is 53.0 Å². The molecule has 7 nitrogen and oxygen atoms in total. The van der Waals surface area contributed by atoms with Gasteiger partial charge in [0.2, 0.25) is 0 Å². The van der Waals surface area contributed by atoms with E-state index in [0.717, 1.165) is 42.5 Å². The number of aromatic nitrogens is 1. The molecule has 31 heavy (non-hydrogen) atoms. The van der Waals surface area contributed by atoms with E-state index in [9.17, 15) is 14.4 Å². The number of amides is 2. The van der Waals surface area contributed by atoms with Crippen LogP contribution in [0.25, 0.3) is 0 Å². The maximum Gasteiger partial charge on any atom is 0.407 e. The molecule has 0 saturated carbocycles. The molecule has 2 amide bonds. The summed E-state index contributed by atoms with van der Waals surface area (Å²) < 4.78 is 0. The lowest BCUT2D eigenvalue weighted by atomic mass is 10.0. The van der Waals surface area contributed by atoms with Gasteiger partial charge in [0.05, 0.1) is 5.56 Å². The molecule has 0 unspecified atom stereocenters. The molecule has 0 aromatic carbocycles. The predicted molar refractivity (Wildman–Crippen MR) is 122 cm³/mol. The van der Waals surface area contributed by atoms with Crippen molar-refractivity contribution in [2.75, 3.05) is 13.1 Å². The van der Waals surface area contributed by atoms with E-state index in [1.165, 1.54) is 15.4 Å². The van der Waals surface area contributed by atoms with Gasteiger partial charge in [-0.1, -0.05) is 11.6 Å². The van der Waals surface area contributed by atoms with Crippen LogP contribution >= 0.6 is 11.3 Å². The summed E-state index contributed by atoms with van der Waals surface area (Å²) >= 11 is 1.58. The normalized spacial score (nSPS) is 13.9. The average Bonchev–Trinajstić information content (AvgIpc) is 3.08. The zero-order valence-corrected chi connectivity index (χ0v) is 19.0. The van der Waals surface area contributed by atoms with E-state index in [1.807, 2.05) is 32.2 Å². The van der Waals surface area contributed by atoms with Crippen molar-refractivity contribution in [1.82, 2.24) is 15.2 Å². The number of hydrogen-bond acceptors (Lipinski definition) is 4. The second-order valence-corrected chi connectivity index (χ2v) is 8.96. The van der Waals surface area contributed by atoms with Crippen molar-refractivity contribution in [2.24, 2.45) is 0 Å². The second kappa shape index (κ2) is 9.96. The number of carbonyl (C=O) groups is 2. The molecule has 0 bridgehead atoms. The van der Waals surface area contributed by atoms with Gasteiger partial charge in [0.15, 0.2) is 0 Å². The maximum atomic E-state index is 12.7. The number of carbonyl (C=O) groups excluding carboxylic acids is 1. The quantitative estimate of drug-likeness (QED) is 0.589. The number of rotatable bonds is 6. The number of pyridine rings is 1. The lowest BCUT2D eigenvalue weighted by Gasteiger charge is -2.25. The summed E-state index contributed by atoms with van der Waals surface area (Å²) in [4.78, 5) is 41.2. The Balaban J connectivity index is 1.55. The Kier molecular flexibility index (Phi) is 7.33. The minimum absolute atomic E-state index is 0.164. The third-order valence-electron chi connectivity index (χ3n) is 5.79. The summed E-state index contributed by atoms with van der Waals surface area (Å²) in [5.74, 6) is -0.168. The van der Waals surface area contributed by atoms with E-state index in [2.05, 4.69) is 16.4 Å². The molecule has 0 radical (unpaired) electrons. The Bertz CT molecular complexity index is 1060. The van der Waals surface area contributed by atoms with E-state index < -0.39 is 6.09 Å². The van der Waals surface area contributed by atoms with E-state index in [4.69, 9.17) is 5.11 Å². The third kappa shape index (κ3) is 5.64. The fourth-order valence-corrected chi connectivity index (χ4v) is 4.96. The van der Waals surface area contributed by atoms with E-state index in [-0.39, 0.29) is 18.0 Å². The lowest BCUT2D eigenvalue weighted by Crippen LogP contribution is -2.35. The average molecular weight is 444 g/mol. The SMILES string of the molecule is Cc1cc(C)c(CNC(=O)c2csc(CCC=C3CCN(C(=O)O)CC3)c2C)c(=O)[nH]1. The fraction of sp³-hybridized carbons (Fsp3) is 0.435. The van der Waals surface area contributed by atoms with Crippen LogP contribution in [0.15, 0.2) is 27.9 Å². The molecule has 1 aliphatic rings. The minimum Gasteiger partial charge on any atom is -0.465 e. The van der Waals surface area contributed by atoms with Gasteiger partial charge >= 0.3 is 6.09 Å². The van der Waals surface area contributed by atoms with Crippen molar-refractivity contribution in [1.29, 1.82) is 0 Å². The number of aryl methyl sites for hydroxylation is 3. The number of likely N-dealkylation sites (tertiary alicyclic amines) is 1. The van der Waals surface area contributed by atoms with Gasteiger partial charge in [-0.05, 0) is 63.6 Å². The zero-order chi connectivity index (χ0) is 22.5. The number of nitrogens with zero attached hydrogens (tertiary/aromatic N) is 1. The molecule has 0 atom stereocenters. The van der Waals surface area contributed by atoms with E-state index in [1.54, 1.807) is 11.3 Å². The highest BCUT2D eigenvalue weighted by Gasteiger charge is 2.18. The van der Waals surface area contributed by atoms with Crippen molar-refractivity contribution >= 4 is 23.3 Å². The van der Waals surface area contributed by atoms with Gasteiger partial charge in [0, 0.05) is 41.1 Å². The monoisotopic (exact) mass is 443 g/mol. The molecule has 1 aliphatic heterocycles. The molecule has 166 valence electrons. The number of aromatic amines is 1. The Labute approximate surface area is 185 Å². The second-order valence-electron chi connectivity index (χ2n) is 7.99. The highest BCUT2D eigenvalue weighted by atomic mass is 32.1. The van der Waals surface area contributed by atoms with Gasteiger partial charge in [-0.25, -0.2) is 4.79 Å². The first kappa shape index (κ1) is 22.8. The summed E-state index contributed by atoms with van der Waals surface area (Å²) in [7, 11) is 0. The molecule has 0 aliphatic carbocycles. The molecule has 2 aromatic heterocycles. The molecule has 3 rings (SSSR count). The minimum atomic E-state index is -0.846. The van der Waals surface area contributed by atoms with Crippen LogP contribution in [0.4, 0.5) is 4.79 Å². The Hall–Kier alpha value is -2.87. The number of allylic oxidation sites excluding steroid dienone is 1. The highest BCUT2D eigenvalue weighted by Crippen LogP contribution is 2.24. The third-order valence-corrected chi connectivity index (χ3v) is 6.93. The Morgan fingerprint density at radius 2 is 1.97 bits per heavy atom. The molecule has 3 heterocycles. The Morgan fingerprint density at radius 1 is 1.26 bits per heavy atom. The number of hydrogen-bond donors (Lipinski definition) is 3. The van der Waals surface area contributed by atoms with Crippen molar-refractivity contribution in [3.8, 4) is 0 Å². The highest BCUT2D eigenvalue weighted by molar-refractivity contribution is 7.10. The van der Waals surface area contributed by atoms with Gasteiger partial charge in [0.1, 0.15) is 0 Å². The van der Waals surface area contributed by atoms with Crippen molar-refractivity contribution in [3.63, 3.8) is 0 Å². The van der Waals surface area contributed by atoms with Crippen LogP contribution in [0.2, 0.25) is 0 Å². The van der Waals surface area contributed by atoms with Crippen LogP contribution in [0.3, 0.4) is 0 Å². The van der Waals surface area contributed by atoms with Crippen LogP contribution in [0, 0.1) is 20.8 Å². The van der Waals surface area contributed by atoms with Gasteiger partial charge in [-0.3, -0.25) is 9.59 Å². The van der Waals surface area contributed by atoms with Crippen LogP contribution in [0.1, 0.15) is 56.9 Å². The van der Waals surface area contributed by atoms with Crippen LogP contribution in [-0.4, -0.2) is 40.1 Å². The number of thiophene rings is 1. The largest absolute Gasteiger partial charge is 0.465 e. The van der Waals surface area contributed by atoms with Crippen molar-refractivity contribution < 1.29 is 14.7 Å². The first-order valence-electron chi connectivity index (χ1n) is 10.5. The molecule has 3 N–H and O–H groups in total. The summed E-state index contributed by atoms with van der Waals surface area (Å²) in [6, 6.07) is 1.90. The standard InChI is InChI=1S/C23H29N3O4S/c1-14-11-15(2)25-22(28)18(14)12-24-21(27)19-13-31-20(16(19)3)6-4-5-17-7-9-26(10-8-17)23(29)30/h5,11,13H,4,6-10,12H2,1-3H3,(H,24,27)(H,25,28)(H,29,30). The summed E-state index contributed by atoms with van der Waals surface area (Å²) in [5.41, 5.74) is 5.03. The summed E-state index contributed by atoms with van der Waals surface area (Å²) in [6.45, 7) is 6.99. The molecule has 1 saturated heterocycles. The van der Waals surface area contributed by atoms with Gasteiger partial charge in [-0.15, -0.1) is 11.3 Å².